The molecule has 7 rings (SSSR count). The Hall–Kier alpha value is -5.87. The molecule has 0 radical (unpaired) electrons. The largest absolute Gasteiger partial charge is 0.456 e. The summed E-state index contributed by atoms with van der Waals surface area (Å²) >= 11 is 4.34. The third kappa shape index (κ3) is 6.51. The second kappa shape index (κ2) is 15.6. The molecule has 0 aliphatic carbocycles. The monoisotopic (exact) mass is 738 g/mol. The van der Waals surface area contributed by atoms with E-state index in [-0.39, 0.29) is 12.3 Å². The predicted octanol–water partition coefficient (Wildman–Crippen LogP) is 8.47. The van der Waals surface area contributed by atoms with E-state index >= 15 is 0 Å². The van der Waals surface area contributed by atoms with Crippen LogP contribution in [0, 0.1) is 0 Å². The fourth-order valence-corrected chi connectivity index (χ4v) is 7.89. The molecule has 4 aromatic carbocycles. The first kappa shape index (κ1) is 36.5. The Kier molecular flexibility index (Phi) is 10.6. The van der Waals surface area contributed by atoms with Crippen LogP contribution in [0.15, 0.2) is 114 Å². The Bertz CT molecular complexity index is 2150. The number of amides is 1. The molecule has 2 aliphatic rings. The van der Waals surface area contributed by atoms with E-state index in [0.717, 1.165) is 82.6 Å². The number of carbonyl (C=O) groups is 2. The smallest absolute Gasteiger partial charge is 0.342 e. The number of pyridine rings is 1. The predicted molar refractivity (Wildman–Crippen MR) is 216 cm³/mol. The highest BCUT2D eigenvalue weighted by atomic mass is 32.1. The van der Waals surface area contributed by atoms with Gasteiger partial charge in [-0.2, -0.15) is 0 Å². The van der Waals surface area contributed by atoms with Gasteiger partial charge in [-0.1, -0.05) is 54.6 Å². The lowest BCUT2D eigenvalue weighted by molar-refractivity contribution is -0.696. The number of anilines is 3. The average Bonchev–Trinajstić information content (AvgIpc) is 3.46. The van der Waals surface area contributed by atoms with Gasteiger partial charge in [0.2, 0.25) is 0 Å². The number of fused-ring (bicyclic) bond motifs is 6. The third-order valence-corrected chi connectivity index (χ3v) is 10.6. The number of nitrogens with zero attached hydrogens (tertiary/aromatic N) is 5. The summed E-state index contributed by atoms with van der Waals surface area (Å²) in [7, 11) is 0. The van der Waals surface area contributed by atoms with E-state index < -0.39 is 11.5 Å². The van der Waals surface area contributed by atoms with Crippen molar-refractivity contribution in [2.24, 2.45) is 4.53 Å². The molecule has 1 aromatic heterocycles. The van der Waals surface area contributed by atoms with Crippen LogP contribution < -0.4 is 24.0 Å². The maximum atomic E-state index is 14.8. The Morgan fingerprint density at radius 2 is 1.33 bits per heavy atom. The van der Waals surface area contributed by atoms with E-state index in [1.165, 1.54) is 0 Å². The lowest BCUT2D eigenvalue weighted by atomic mass is 9.74. The van der Waals surface area contributed by atoms with Crippen LogP contribution in [-0.4, -0.2) is 38.1 Å². The van der Waals surface area contributed by atoms with Crippen molar-refractivity contribution < 1.29 is 23.7 Å². The van der Waals surface area contributed by atoms with Crippen LogP contribution in [0.5, 0.6) is 11.5 Å². The van der Waals surface area contributed by atoms with Crippen molar-refractivity contribution in [3.8, 4) is 11.5 Å². The molecule has 5 aromatic rings. The zero-order valence-electron chi connectivity index (χ0n) is 31.1. The van der Waals surface area contributed by atoms with Gasteiger partial charge in [-0.3, -0.25) is 9.69 Å². The van der Waals surface area contributed by atoms with E-state index in [9.17, 15) is 9.59 Å². The van der Waals surface area contributed by atoms with Crippen molar-refractivity contribution >= 4 is 53.5 Å². The summed E-state index contributed by atoms with van der Waals surface area (Å²) in [4.78, 5) is 37.5. The quantitative estimate of drug-likeness (QED) is 0.0886. The highest BCUT2D eigenvalue weighted by Gasteiger charge is 2.57. The molecule has 0 saturated heterocycles. The molecule has 0 unspecified atom stereocenters. The van der Waals surface area contributed by atoms with Gasteiger partial charge in [-0.25, -0.2) is 9.36 Å². The fourth-order valence-electron chi connectivity index (χ4n) is 7.81. The summed E-state index contributed by atoms with van der Waals surface area (Å²) < 4.78 is 11.8. The Balaban J connectivity index is 1.30. The zero-order valence-corrected chi connectivity index (χ0v) is 31.9. The molecule has 3 heterocycles. The number of aromatic nitrogens is 1. The number of carbonyl (C=O) groups excluding carboxylic acids is 2. The topological polar surface area (TPSA) is 78.6 Å². The van der Waals surface area contributed by atoms with Gasteiger partial charge in [0.05, 0.1) is 12.4 Å². The first-order valence-corrected chi connectivity index (χ1v) is 18.9. The lowest BCUT2D eigenvalue weighted by Crippen LogP contribution is -2.47. The zero-order chi connectivity index (χ0) is 37.8. The summed E-state index contributed by atoms with van der Waals surface area (Å²) in [5.41, 5.74) is 7.44. The second-order valence-electron chi connectivity index (χ2n) is 13.3. The molecule has 10 heteroatoms. The molecule has 1 amide bonds. The minimum absolute atomic E-state index is 0.0577. The third-order valence-electron chi connectivity index (χ3n) is 10.5. The van der Waals surface area contributed by atoms with Crippen LogP contribution in [0.3, 0.4) is 0 Å². The van der Waals surface area contributed by atoms with E-state index in [4.69, 9.17) is 4.74 Å². The minimum Gasteiger partial charge on any atom is -0.456 e. The van der Waals surface area contributed by atoms with Gasteiger partial charge < -0.3 is 19.4 Å². The fraction of sp³-hybridized carbons (Fsp3) is 0.250. The van der Waals surface area contributed by atoms with E-state index in [1.807, 2.05) is 88.6 Å². The van der Waals surface area contributed by atoms with E-state index in [0.29, 0.717) is 12.1 Å². The van der Waals surface area contributed by atoms with Crippen LogP contribution >= 0.6 is 0 Å². The molecule has 0 atom stereocenters. The summed E-state index contributed by atoms with van der Waals surface area (Å²) in [6, 6.07) is 33.0. The Morgan fingerprint density at radius 3 is 1.89 bits per heavy atom. The molecule has 0 bridgehead atoms. The Morgan fingerprint density at radius 1 is 0.778 bits per heavy atom. The molecule has 0 N–H and O–H groups in total. The van der Waals surface area contributed by atoms with Gasteiger partial charge in [0.15, 0.2) is 18.9 Å². The van der Waals surface area contributed by atoms with E-state index in [2.05, 4.69) is 102 Å². The SMILES string of the molecule is CCN(CC)c1ccc2c(c1)Oc1cc(N(CC)CC)ccc1C21c2ccccc2C(=O)N1c1ccc(/C=C/c2cc[n+](CCC(=O)ON=S)cc2)cc1. The van der Waals surface area contributed by atoms with Crippen molar-refractivity contribution in [2.45, 2.75) is 46.2 Å². The van der Waals surface area contributed by atoms with Crippen molar-refractivity contribution in [1.29, 1.82) is 0 Å². The van der Waals surface area contributed by atoms with Crippen LogP contribution in [-0.2, 0) is 34.1 Å². The van der Waals surface area contributed by atoms with Gasteiger partial charge >= 0.3 is 5.97 Å². The van der Waals surface area contributed by atoms with Gasteiger partial charge in [-0.15, -0.1) is 0 Å². The summed E-state index contributed by atoms with van der Waals surface area (Å²) in [5.74, 6) is 0.967. The van der Waals surface area contributed by atoms with Crippen LogP contribution in [0.1, 0.15) is 72.3 Å². The van der Waals surface area contributed by atoms with Crippen molar-refractivity contribution in [2.75, 3.05) is 40.9 Å². The van der Waals surface area contributed by atoms with Gasteiger partial charge in [0.25, 0.3) is 5.91 Å². The maximum absolute atomic E-state index is 14.8. The molecule has 0 saturated carbocycles. The second-order valence-corrected chi connectivity index (χ2v) is 13.4. The van der Waals surface area contributed by atoms with Gasteiger partial charge in [0, 0.05) is 89.8 Å². The average molecular weight is 739 g/mol. The highest BCUT2D eigenvalue weighted by Crippen LogP contribution is 2.59. The standard InChI is InChI=1S/C44H44N5O4S/c1-5-47(6-2)34-19-21-38-40(29-34)52-41-30-35(48(7-3)8-4)20-22-39(41)44(38)37-12-10-9-11-36(37)43(51)49(44)33-17-15-31(16-18-33)13-14-32-23-26-46(27-24-32)28-25-42(50)53-45-54/h9-24,26-27,29-30H,5-8,25,28H2,1-4H3/q+1. The number of benzene rings is 4. The van der Waals surface area contributed by atoms with Crippen LogP contribution in [0.25, 0.3) is 12.2 Å². The normalized spacial score (nSPS) is 13.6. The molecule has 54 heavy (non-hydrogen) atoms. The number of ether oxygens (including phenoxy) is 1. The maximum Gasteiger partial charge on any atom is 0.342 e. The summed E-state index contributed by atoms with van der Waals surface area (Å²) in [6.45, 7) is 12.6. The molecule has 1 spiro atoms. The number of rotatable bonds is 13. The highest BCUT2D eigenvalue weighted by molar-refractivity contribution is 7.47. The first-order valence-electron chi connectivity index (χ1n) is 18.6. The molecule has 0 fully saturated rings. The Labute approximate surface area is 322 Å². The molecular formula is C44H44N5O4S+. The number of hydrogen-bond donors (Lipinski definition) is 0. The van der Waals surface area contributed by atoms with Crippen molar-refractivity contribution in [3.05, 3.63) is 143 Å². The minimum atomic E-state index is -0.964. The van der Waals surface area contributed by atoms with Crippen LogP contribution in [0.4, 0.5) is 17.1 Å². The molecule has 2 aliphatic heterocycles. The molecule has 9 nitrogen and oxygen atoms in total. The molecular weight excluding hydrogens is 695 g/mol. The van der Waals surface area contributed by atoms with Gasteiger partial charge in [-0.05, 0) is 73.7 Å². The lowest BCUT2D eigenvalue weighted by Gasteiger charge is -2.44. The van der Waals surface area contributed by atoms with E-state index in [1.54, 1.807) is 0 Å². The van der Waals surface area contributed by atoms with Crippen LogP contribution in [0.2, 0.25) is 0 Å². The summed E-state index contributed by atoms with van der Waals surface area (Å²) in [6.07, 6.45) is 8.09. The first-order chi connectivity index (χ1) is 26.4. The number of hydrogen-bond acceptors (Lipinski definition) is 8. The van der Waals surface area contributed by atoms with Crippen molar-refractivity contribution in [3.63, 3.8) is 0 Å². The van der Waals surface area contributed by atoms with Gasteiger partial charge in [0.1, 0.15) is 23.5 Å². The van der Waals surface area contributed by atoms with Crippen molar-refractivity contribution in [1.82, 2.24) is 0 Å². The summed E-state index contributed by atoms with van der Waals surface area (Å²) in [5, 5.41) is 0. The number of aryl methyl sites for hydroxylation is 1. The molecule has 274 valence electrons.